The fourth-order valence-electron chi connectivity index (χ4n) is 1.95. The van der Waals surface area contributed by atoms with Crippen LogP contribution in [0.2, 0.25) is 0 Å². The van der Waals surface area contributed by atoms with Gasteiger partial charge in [-0.3, -0.25) is 9.59 Å². The third kappa shape index (κ3) is 2.17. The summed E-state index contributed by atoms with van der Waals surface area (Å²) in [6.45, 7) is 1.91. The summed E-state index contributed by atoms with van der Waals surface area (Å²) in [5.74, 6) is -0.656. The molecular formula is C12H14N4O2. The van der Waals surface area contributed by atoms with Gasteiger partial charge >= 0.3 is 0 Å². The number of nitrogens with one attached hydrogen (secondary N) is 1. The molecule has 94 valence electrons. The first-order valence-corrected chi connectivity index (χ1v) is 5.55. The molecule has 0 saturated heterocycles. The Balaban J connectivity index is 2.38. The number of carbonyl (C=O) groups excluding carboxylic acids is 2. The number of benzene rings is 1. The van der Waals surface area contributed by atoms with E-state index in [1.807, 2.05) is 6.92 Å². The van der Waals surface area contributed by atoms with Crippen molar-refractivity contribution in [3.63, 3.8) is 0 Å². The fraction of sp³-hybridized carbons (Fsp3) is 0.250. The highest BCUT2D eigenvalue weighted by Crippen LogP contribution is 2.20. The van der Waals surface area contributed by atoms with Gasteiger partial charge in [-0.05, 0) is 12.1 Å². The molecule has 6 heteroatoms. The lowest BCUT2D eigenvalue weighted by Gasteiger charge is -2.19. The third-order valence-corrected chi connectivity index (χ3v) is 2.87. The van der Waals surface area contributed by atoms with Gasteiger partial charge in [-0.15, -0.1) is 0 Å². The van der Waals surface area contributed by atoms with Crippen molar-refractivity contribution in [2.24, 2.45) is 16.8 Å². The predicted octanol–water partition coefficient (Wildman–Crippen LogP) is 0.228. The van der Waals surface area contributed by atoms with Crippen molar-refractivity contribution >= 4 is 23.2 Å². The minimum atomic E-state index is -0.564. The zero-order valence-corrected chi connectivity index (χ0v) is 9.93. The van der Waals surface area contributed by atoms with E-state index in [1.165, 1.54) is 0 Å². The smallest absolute Gasteiger partial charge is 0.250 e. The Labute approximate surface area is 104 Å². The Bertz CT molecular complexity index is 551. The Morgan fingerprint density at radius 2 is 2.22 bits per heavy atom. The first kappa shape index (κ1) is 12.1. The van der Waals surface area contributed by atoms with Gasteiger partial charge in [0.05, 0.1) is 11.3 Å². The number of hydrogen-bond donors (Lipinski definition) is 3. The van der Waals surface area contributed by atoms with E-state index in [0.29, 0.717) is 12.1 Å². The predicted molar refractivity (Wildman–Crippen MR) is 67.8 cm³/mol. The molecule has 0 aromatic heterocycles. The Kier molecular flexibility index (Phi) is 3.01. The Morgan fingerprint density at radius 1 is 1.50 bits per heavy atom. The minimum absolute atomic E-state index is 0.0116. The van der Waals surface area contributed by atoms with E-state index in [1.54, 1.807) is 18.2 Å². The van der Waals surface area contributed by atoms with Crippen molar-refractivity contribution in [2.75, 3.05) is 5.73 Å². The van der Waals surface area contributed by atoms with Gasteiger partial charge in [0.2, 0.25) is 5.91 Å². The molecule has 0 bridgehead atoms. The monoisotopic (exact) mass is 246 g/mol. The molecule has 1 aliphatic rings. The van der Waals surface area contributed by atoms with Crippen molar-refractivity contribution in [3.05, 3.63) is 29.3 Å². The van der Waals surface area contributed by atoms with Crippen LogP contribution in [0.25, 0.3) is 0 Å². The molecule has 1 aromatic rings. The summed E-state index contributed by atoms with van der Waals surface area (Å²) in [7, 11) is 0. The molecule has 0 saturated carbocycles. The largest absolute Gasteiger partial charge is 0.398 e. The van der Waals surface area contributed by atoms with Gasteiger partial charge in [-0.1, -0.05) is 13.0 Å². The Morgan fingerprint density at radius 3 is 2.78 bits per heavy atom. The molecule has 1 unspecified atom stereocenters. The second-order valence-electron chi connectivity index (χ2n) is 4.30. The highest BCUT2D eigenvalue weighted by molar-refractivity contribution is 6.07. The molecule has 1 aliphatic heterocycles. The maximum absolute atomic E-state index is 11.2. The molecule has 1 atom stereocenters. The number of nitrogens with zero attached hydrogens (tertiary/aromatic N) is 1. The zero-order chi connectivity index (χ0) is 13.3. The van der Waals surface area contributed by atoms with Crippen LogP contribution in [0, 0.1) is 5.92 Å². The lowest BCUT2D eigenvalue weighted by molar-refractivity contribution is -0.121. The van der Waals surface area contributed by atoms with E-state index in [-0.39, 0.29) is 17.4 Å². The average molecular weight is 246 g/mol. The summed E-state index contributed by atoms with van der Waals surface area (Å²) in [5.41, 5.74) is 15.5. The topological polar surface area (TPSA) is 111 Å². The summed E-state index contributed by atoms with van der Waals surface area (Å²) < 4.78 is 0. The maximum Gasteiger partial charge on any atom is 0.250 e. The molecule has 18 heavy (non-hydrogen) atoms. The summed E-state index contributed by atoms with van der Waals surface area (Å²) in [5, 5.41) is 4.02. The molecule has 6 nitrogen and oxygen atoms in total. The van der Waals surface area contributed by atoms with Gasteiger partial charge < -0.3 is 11.5 Å². The number of hydrazone groups is 1. The van der Waals surface area contributed by atoms with Crippen LogP contribution in [0.4, 0.5) is 5.69 Å². The molecule has 0 fully saturated rings. The Hall–Kier alpha value is -2.37. The van der Waals surface area contributed by atoms with Crippen LogP contribution in [-0.4, -0.2) is 17.5 Å². The molecule has 0 spiro atoms. The standard InChI is InChI=1S/C12H14N4O2/c1-6-4-10(17)15-16-11(6)7-2-3-8(12(14)18)9(13)5-7/h2-3,5-6H,4,13H2,1H3,(H2,14,18)(H,15,17). The summed E-state index contributed by atoms with van der Waals surface area (Å²) in [6, 6.07) is 4.94. The van der Waals surface area contributed by atoms with E-state index < -0.39 is 5.91 Å². The number of primary amides is 1. The zero-order valence-electron chi connectivity index (χ0n) is 9.93. The van der Waals surface area contributed by atoms with Crippen molar-refractivity contribution in [3.8, 4) is 0 Å². The summed E-state index contributed by atoms with van der Waals surface area (Å²) in [4.78, 5) is 22.2. The van der Waals surface area contributed by atoms with Gasteiger partial charge in [0.1, 0.15) is 0 Å². The highest BCUT2D eigenvalue weighted by atomic mass is 16.2. The van der Waals surface area contributed by atoms with Gasteiger partial charge in [-0.2, -0.15) is 5.10 Å². The number of amides is 2. The van der Waals surface area contributed by atoms with Crippen molar-refractivity contribution in [1.82, 2.24) is 5.43 Å². The van der Waals surface area contributed by atoms with Crippen LogP contribution in [0.15, 0.2) is 23.3 Å². The number of nitrogen functional groups attached to an aromatic ring is 1. The van der Waals surface area contributed by atoms with E-state index in [4.69, 9.17) is 11.5 Å². The average Bonchev–Trinajstić information content (AvgIpc) is 2.28. The number of rotatable bonds is 2. The van der Waals surface area contributed by atoms with Crippen molar-refractivity contribution < 1.29 is 9.59 Å². The molecule has 0 aliphatic carbocycles. The summed E-state index contributed by atoms with van der Waals surface area (Å²) >= 11 is 0. The molecule has 5 N–H and O–H groups in total. The van der Waals surface area contributed by atoms with Gasteiger partial charge in [0.25, 0.3) is 5.91 Å². The molecule has 2 rings (SSSR count). The van der Waals surface area contributed by atoms with E-state index in [9.17, 15) is 9.59 Å². The van der Waals surface area contributed by atoms with Crippen LogP contribution in [0.5, 0.6) is 0 Å². The SMILES string of the molecule is CC1CC(=O)NN=C1c1ccc(C(N)=O)c(N)c1. The number of hydrogen-bond acceptors (Lipinski definition) is 4. The normalized spacial score (nSPS) is 19.1. The number of anilines is 1. The second-order valence-corrected chi connectivity index (χ2v) is 4.30. The minimum Gasteiger partial charge on any atom is -0.398 e. The molecule has 2 amide bonds. The molecule has 1 aromatic carbocycles. The maximum atomic E-state index is 11.2. The quantitative estimate of drug-likeness (QED) is 0.649. The van der Waals surface area contributed by atoms with Gasteiger partial charge in [-0.25, -0.2) is 5.43 Å². The van der Waals surface area contributed by atoms with E-state index in [2.05, 4.69) is 10.5 Å². The van der Waals surface area contributed by atoms with Gasteiger partial charge in [0, 0.05) is 23.6 Å². The van der Waals surface area contributed by atoms with Crippen LogP contribution in [0.3, 0.4) is 0 Å². The van der Waals surface area contributed by atoms with Crippen LogP contribution >= 0.6 is 0 Å². The summed E-state index contributed by atoms with van der Waals surface area (Å²) in [6.07, 6.45) is 0.385. The molecule has 1 heterocycles. The first-order valence-electron chi connectivity index (χ1n) is 5.55. The fourth-order valence-corrected chi connectivity index (χ4v) is 1.95. The lowest BCUT2D eigenvalue weighted by Crippen LogP contribution is -2.32. The highest BCUT2D eigenvalue weighted by Gasteiger charge is 2.22. The van der Waals surface area contributed by atoms with Crippen LogP contribution in [0.1, 0.15) is 29.3 Å². The van der Waals surface area contributed by atoms with Crippen molar-refractivity contribution in [2.45, 2.75) is 13.3 Å². The molecule has 0 radical (unpaired) electrons. The molecular weight excluding hydrogens is 232 g/mol. The number of carbonyl (C=O) groups is 2. The van der Waals surface area contributed by atoms with Crippen LogP contribution in [-0.2, 0) is 4.79 Å². The van der Waals surface area contributed by atoms with Gasteiger partial charge in [0.15, 0.2) is 0 Å². The second kappa shape index (κ2) is 4.48. The van der Waals surface area contributed by atoms with Crippen molar-refractivity contribution in [1.29, 1.82) is 0 Å². The third-order valence-electron chi connectivity index (χ3n) is 2.87. The van der Waals surface area contributed by atoms with E-state index >= 15 is 0 Å². The first-order chi connectivity index (χ1) is 8.49. The van der Waals surface area contributed by atoms with E-state index in [0.717, 1.165) is 11.3 Å². The van der Waals surface area contributed by atoms with Crippen LogP contribution < -0.4 is 16.9 Å². The number of nitrogens with two attached hydrogens (primary N) is 2. The lowest BCUT2D eigenvalue weighted by atomic mass is 9.93.